The van der Waals surface area contributed by atoms with Gasteiger partial charge in [-0.25, -0.2) is 4.79 Å². The molecule has 0 radical (unpaired) electrons. The van der Waals surface area contributed by atoms with Crippen molar-refractivity contribution in [1.82, 2.24) is 14.8 Å². The minimum atomic E-state index is -0.427. The molecule has 0 spiro atoms. The molecule has 1 aliphatic carbocycles. The smallest absolute Gasteiger partial charge is 0.341 e. The zero-order valence-corrected chi connectivity index (χ0v) is 17.9. The van der Waals surface area contributed by atoms with Crippen LogP contribution in [0.4, 0.5) is 5.00 Å². The van der Waals surface area contributed by atoms with Crippen LogP contribution in [0.5, 0.6) is 0 Å². The Bertz CT molecular complexity index is 899. The molecule has 0 unspecified atom stereocenters. The minimum absolute atomic E-state index is 0.180. The van der Waals surface area contributed by atoms with Crippen LogP contribution < -0.4 is 5.32 Å². The molecule has 1 N–H and O–H groups in total. The molecule has 0 saturated heterocycles. The van der Waals surface area contributed by atoms with Gasteiger partial charge in [-0.05, 0) is 31.7 Å². The molecule has 2 aromatic heterocycles. The number of anilines is 1. The Morgan fingerprint density at radius 1 is 1.43 bits per heavy atom. The van der Waals surface area contributed by atoms with Gasteiger partial charge in [0.15, 0.2) is 5.16 Å². The molecule has 0 bridgehead atoms. The first kappa shape index (κ1) is 20.6. The predicted molar refractivity (Wildman–Crippen MR) is 111 cm³/mol. The van der Waals surface area contributed by atoms with Crippen molar-refractivity contribution < 1.29 is 14.3 Å². The normalized spacial score (nSPS) is 13.4. The van der Waals surface area contributed by atoms with Crippen molar-refractivity contribution in [3.63, 3.8) is 0 Å². The number of allylic oxidation sites excluding steroid dienone is 1. The van der Waals surface area contributed by atoms with E-state index in [4.69, 9.17) is 4.74 Å². The number of aromatic nitrogens is 3. The molecule has 1 aliphatic rings. The number of aryl methyl sites for hydroxylation is 1. The van der Waals surface area contributed by atoms with Gasteiger partial charge in [0.25, 0.3) is 0 Å². The lowest BCUT2D eigenvalue weighted by Gasteiger charge is -2.08. The number of ether oxygens (including phenoxy) is 1. The molecule has 1 saturated carbocycles. The van der Waals surface area contributed by atoms with Gasteiger partial charge in [0, 0.05) is 17.3 Å². The van der Waals surface area contributed by atoms with E-state index < -0.39 is 5.97 Å². The van der Waals surface area contributed by atoms with Gasteiger partial charge in [-0.15, -0.1) is 28.1 Å². The van der Waals surface area contributed by atoms with Crippen molar-refractivity contribution >= 4 is 40.0 Å². The summed E-state index contributed by atoms with van der Waals surface area (Å²) in [5.74, 6) is 1.00. The van der Waals surface area contributed by atoms with E-state index in [1.54, 1.807) is 0 Å². The third-order valence-electron chi connectivity index (χ3n) is 4.54. The van der Waals surface area contributed by atoms with Gasteiger partial charge in [0.05, 0.1) is 18.4 Å². The number of hydrogen-bond acceptors (Lipinski definition) is 7. The monoisotopic (exact) mass is 420 g/mol. The first-order valence-corrected chi connectivity index (χ1v) is 11.0. The van der Waals surface area contributed by atoms with Crippen LogP contribution in [0, 0.1) is 6.92 Å². The summed E-state index contributed by atoms with van der Waals surface area (Å²) < 4.78 is 6.92. The summed E-state index contributed by atoms with van der Waals surface area (Å²) in [6.07, 6.45) is 4.77. The second-order valence-electron chi connectivity index (χ2n) is 6.54. The van der Waals surface area contributed by atoms with Gasteiger partial charge in [-0.1, -0.05) is 24.8 Å². The average molecular weight is 421 g/mol. The van der Waals surface area contributed by atoms with Crippen LogP contribution >= 0.6 is 23.1 Å². The number of rotatable bonds is 9. The van der Waals surface area contributed by atoms with Crippen LogP contribution in [-0.2, 0) is 22.5 Å². The van der Waals surface area contributed by atoms with Crippen LogP contribution in [0.15, 0.2) is 17.8 Å². The maximum absolute atomic E-state index is 12.5. The third-order valence-corrected chi connectivity index (χ3v) is 6.57. The Hall–Kier alpha value is -2.13. The van der Waals surface area contributed by atoms with E-state index >= 15 is 0 Å². The maximum Gasteiger partial charge on any atom is 0.341 e. The van der Waals surface area contributed by atoms with Crippen LogP contribution in [0.3, 0.4) is 0 Å². The van der Waals surface area contributed by atoms with Crippen LogP contribution in [0.2, 0.25) is 0 Å². The standard InChI is InChI=1S/C19H24N4O3S2/c1-5-9-23-16(12-7-8-12)21-22-19(23)27-10-14(24)20-17-15(18(25)26-4)13(6-2)11(3)28-17/h5,12H,1,6-10H2,2-4H3,(H,20,24). The van der Waals surface area contributed by atoms with Gasteiger partial charge in [-0.3, -0.25) is 4.79 Å². The number of hydrogen-bond donors (Lipinski definition) is 1. The highest BCUT2D eigenvalue weighted by atomic mass is 32.2. The molecule has 7 nitrogen and oxygen atoms in total. The second kappa shape index (κ2) is 8.91. The summed E-state index contributed by atoms with van der Waals surface area (Å²) in [6, 6.07) is 0. The highest BCUT2D eigenvalue weighted by Crippen LogP contribution is 2.40. The molecule has 0 aliphatic heterocycles. The molecular weight excluding hydrogens is 396 g/mol. The third kappa shape index (κ3) is 4.30. The number of carbonyl (C=O) groups excluding carboxylic acids is 2. The fourth-order valence-corrected chi connectivity index (χ4v) is 4.96. The fourth-order valence-electron chi connectivity index (χ4n) is 3.05. The summed E-state index contributed by atoms with van der Waals surface area (Å²) in [4.78, 5) is 25.7. The maximum atomic E-state index is 12.5. The Morgan fingerprint density at radius 2 is 2.18 bits per heavy atom. The number of nitrogens with zero attached hydrogens (tertiary/aromatic N) is 3. The van der Waals surface area contributed by atoms with Crippen molar-refractivity contribution in [2.24, 2.45) is 0 Å². The first-order chi connectivity index (χ1) is 13.5. The molecule has 0 aromatic carbocycles. The number of amides is 1. The predicted octanol–water partition coefficient (Wildman–Crippen LogP) is 3.79. The summed E-state index contributed by atoms with van der Waals surface area (Å²) in [5.41, 5.74) is 1.37. The van der Waals surface area contributed by atoms with Crippen molar-refractivity contribution in [2.75, 3.05) is 18.2 Å². The lowest BCUT2D eigenvalue weighted by molar-refractivity contribution is -0.113. The largest absolute Gasteiger partial charge is 0.465 e. The number of carbonyl (C=O) groups is 2. The summed E-state index contributed by atoms with van der Waals surface area (Å²) >= 11 is 2.73. The van der Waals surface area contributed by atoms with E-state index in [2.05, 4.69) is 22.1 Å². The number of esters is 1. The number of nitrogens with one attached hydrogen (secondary N) is 1. The average Bonchev–Trinajstić information content (AvgIpc) is 3.37. The van der Waals surface area contributed by atoms with Crippen LogP contribution in [-0.4, -0.2) is 39.5 Å². The Balaban J connectivity index is 1.70. The Morgan fingerprint density at radius 3 is 2.79 bits per heavy atom. The van der Waals surface area contributed by atoms with E-state index in [1.807, 2.05) is 24.5 Å². The molecule has 3 rings (SSSR count). The topological polar surface area (TPSA) is 86.1 Å². The van der Waals surface area contributed by atoms with Crippen molar-refractivity contribution in [3.8, 4) is 0 Å². The minimum Gasteiger partial charge on any atom is -0.465 e. The molecule has 150 valence electrons. The van der Waals surface area contributed by atoms with E-state index in [0.29, 0.717) is 34.6 Å². The van der Waals surface area contributed by atoms with Gasteiger partial charge in [-0.2, -0.15) is 0 Å². The lowest BCUT2D eigenvalue weighted by Crippen LogP contribution is -2.16. The van der Waals surface area contributed by atoms with Crippen LogP contribution in [0.1, 0.15) is 52.3 Å². The van der Waals surface area contributed by atoms with E-state index in [1.165, 1.54) is 30.2 Å². The Kier molecular flexibility index (Phi) is 6.56. The quantitative estimate of drug-likeness (QED) is 0.377. The molecule has 28 heavy (non-hydrogen) atoms. The number of methoxy groups -OCH3 is 1. The van der Waals surface area contributed by atoms with E-state index in [-0.39, 0.29) is 11.7 Å². The highest BCUT2D eigenvalue weighted by molar-refractivity contribution is 7.99. The molecule has 9 heteroatoms. The van der Waals surface area contributed by atoms with Crippen LogP contribution in [0.25, 0.3) is 0 Å². The summed E-state index contributed by atoms with van der Waals surface area (Å²) in [7, 11) is 1.35. The SMILES string of the molecule is C=CCn1c(SCC(=O)Nc2sc(C)c(CC)c2C(=O)OC)nnc1C1CC1. The highest BCUT2D eigenvalue weighted by Gasteiger charge is 2.30. The molecule has 2 aromatic rings. The fraction of sp³-hybridized carbons (Fsp3) is 0.474. The molecule has 1 fully saturated rings. The first-order valence-electron chi connectivity index (χ1n) is 9.17. The molecule has 1 amide bonds. The summed E-state index contributed by atoms with van der Waals surface area (Å²) in [6.45, 7) is 8.34. The Labute approximate surface area is 172 Å². The lowest BCUT2D eigenvalue weighted by atomic mass is 10.1. The zero-order valence-electron chi connectivity index (χ0n) is 16.3. The molecular formula is C19H24N4O3S2. The second-order valence-corrected chi connectivity index (χ2v) is 8.70. The van der Waals surface area contributed by atoms with Crippen molar-refractivity contribution in [2.45, 2.75) is 50.7 Å². The molecule has 0 atom stereocenters. The summed E-state index contributed by atoms with van der Waals surface area (Å²) in [5, 5.41) is 12.6. The number of thioether (sulfide) groups is 1. The van der Waals surface area contributed by atoms with Gasteiger partial charge >= 0.3 is 5.97 Å². The van der Waals surface area contributed by atoms with Gasteiger partial charge in [0.2, 0.25) is 5.91 Å². The van der Waals surface area contributed by atoms with Crippen molar-refractivity contribution in [1.29, 1.82) is 0 Å². The van der Waals surface area contributed by atoms with E-state index in [0.717, 1.165) is 29.1 Å². The van der Waals surface area contributed by atoms with Gasteiger partial charge < -0.3 is 14.6 Å². The van der Waals surface area contributed by atoms with E-state index in [9.17, 15) is 9.59 Å². The number of thiophene rings is 1. The molecule has 2 heterocycles. The van der Waals surface area contributed by atoms with Gasteiger partial charge in [0.1, 0.15) is 10.8 Å². The zero-order chi connectivity index (χ0) is 20.3. The van der Waals surface area contributed by atoms with Crippen molar-refractivity contribution in [3.05, 3.63) is 34.5 Å².